The second-order valence-corrected chi connectivity index (χ2v) is 7.91. The molecule has 0 aliphatic heterocycles. The van der Waals surface area contributed by atoms with E-state index in [-0.39, 0.29) is 11.8 Å². The molecular formula is C20H21N7O3S. The van der Waals surface area contributed by atoms with E-state index in [0.29, 0.717) is 35.8 Å². The molecule has 0 aromatic carbocycles. The Kier molecular flexibility index (Phi) is 5.78. The number of aryl methyl sites for hydroxylation is 1. The molecule has 11 heteroatoms. The molecule has 0 spiro atoms. The maximum atomic E-state index is 12.9. The molecule has 0 saturated heterocycles. The third-order valence-corrected chi connectivity index (χ3v) is 5.70. The van der Waals surface area contributed by atoms with Gasteiger partial charge in [0.2, 0.25) is 5.91 Å². The van der Waals surface area contributed by atoms with Crippen LogP contribution in [0.4, 0.5) is 11.4 Å². The van der Waals surface area contributed by atoms with E-state index >= 15 is 0 Å². The molecular weight excluding hydrogens is 418 g/mol. The van der Waals surface area contributed by atoms with Crippen molar-refractivity contribution in [3.63, 3.8) is 0 Å². The van der Waals surface area contributed by atoms with Crippen molar-refractivity contribution in [3.05, 3.63) is 48.3 Å². The van der Waals surface area contributed by atoms with Crippen LogP contribution in [0.1, 0.15) is 23.0 Å². The molecule has 4 rings (SSSR count). The Balaban J connectivity index is 1.57. The van der Waals surface area contributed by atoms with Gasteiger partial charge in [0.25, 0.3) is 5.91 Å². The van der Waals surface area contributed by atoms with Crippen molar-refractivity contribution in [1.29, 1.82) is 0 Å². The standard InChI is InChI=1S/C20H21N7O3S/c1-12-17(6-15(8-21-12)24-13(2)28)25-19(29)16-9-23-27-11-18(31-20(16)27)14-7-22-26(10-14)4-5-30-3/h6-11H,4-5H2,1-3H3,(H,24,28)(H,25,29). The first-order valence-electron chi connectivity index (χ1n) is 9.49. The Labute approximate surface area is 181 Å². The molecule has 4 aromatic rings. The number of pyridine rings is 1. The van der Waals surface area contributed by atoms with Crippen LogP contribution in [0.25, 0.3) is 15.3 Å². The summed E-state index contributed by atoms with van der Waals surface area (Å²) in [5.41, 5.74) is 3.07. The predicted molar refractivity (Wildman–Crippen MR) is 117 cm³/mol. The average molecular weight is 440 g/mol. The first-order valence-corrected chi connectivity index (χ1v) is 10.3. The molecule has 0 radical (unpaired) electrons. The number of rotatable bonds is 7. The van der Waals surface area contributed by atoms with Gasteiger partial charge in [-0.2, -0.15) is 10.2 Å². The SMILES string of the molecule is COCCn1cc(-c2cn3ncc(C(=O)Nc4cc(NC(C)=O)cnc4C)c3s2)cn1. The van der Waals surface area contributed by atoms with E-state index in [4.69, 9.17) is 4.74 Å². The molecule has 0 unspecified atom stereocenters. The van der Waals surface area contributed by atoms with E-state index < -0.39 is 0 Å². The van der Waals surface area contributed by atoms with Crippen LogP contribution in [-0.2, 0) is 16.1 Å². The number of hydrogen-bond acceptors (Lipinski definition) is 7. The van der Waals surface area contributed by atoms with Gasteiger partial charge >= 0.3 is 0 Å². The summed E-state index contributed by atoms with van der Waals surface area (Å²) in [4.78, 5) is 30.1. The smallest absolute Gasteiger partial charge is 0.260 e. The number of ether oxygens (including phenoxy) is 1. The van der Waals surface area contributed by atoms with Crippen LogP contribution in [0.2, 0.25) is 0 Å². The number of carbonyl (C=O) groups excluding carboxylic acids is 2. The number of nitrogens with zero attached hydrogens (tertiary/aromatic N) is 5. The summed E-state index contributed by atoms with van der Waals surface area (Å²) in [7, 11) is 1.65. The van der Waals surface area contributed by atoms with E-state index in [9.17, 15) is 9.59 Å². The fourth-order valence-electron chi connectivity index (χ4n) is 2.99. The number of amides is 2. The first-order chi connectivity index (χ1) is 14.9. The lowest BCUT2D eigenvalue weighted by molar-refractivity contribution is -0.114. The molecule has 2 N–H and O–H groups in total. The second-order valence-electron chi connectivity index (χ2n) is 6.88. The van der Waals surface area contributed by atoms with Gasteiger partial charge in [-0.1, -0.05) is 0 Å². The number of hydrogen-bond donors (Lipinski definition) is 2. The lowest BCUT2D eigenvalue weighted by Crippen LogP contribution is -2.14. The third kappa shape index (κ3) is 4.47. The lowest BCUT2D eigenvalue weighted by Gasteiger charge is -2.09. The fourth-order valence-corrected chi connectivity index (χ4v) is 4.03. The van der Waals surface area contributed by atoms with Crippen LogP contribution >= 0.6 is 11.3 Å². The van der Waals surface area contributed by atoms with Crippen molar-refractivity contribution in [2.75, 3.05) is 24.4 Å². The first kappa shape index (κ1) is 20.7. The Bertz CT molecular complexity index is 1260. The zero-order valence-corrected chi connectivity index (χ0v) is 18.1. The van der Waals surface area contributed by atoms with Crippen molar-refractivity contribution < 1.29 is 14.3 Å². The number of nitrogens with one attached hydrogen (secondary N) is 2. The van der Waals surface area contributed by atoms with Gasteiger partial charge in [0, 0.05) is 32.0 Å². The van der Waals surface area contributed by atoms with Crippen LogP contribution in [-0.4, -0.2) is 49.9 Å². The average Bonchev–Trinajstić information content (AvgIpc) is 3.43. The summed E-state index contributed by atoms with van der Waals surface area (Å²) >= 11 is 1.46. The normalized spacial score (nSPS) is 11.1. The molecule has 4 heterocycles. The second kappa shape index (κ2) is 8.66. The predicted octanol–water partition coefficient (Wildman–Crippen LogP) is 2.82. The van der Waals surface area contributed by atoms with Gasteiger partial charge in [-0.15, -0.1) is 11.3 Å². The van der Waals surface area contributed by atoms with Crippen molar-refractivity contribution in [3.8, 4) is 10.4 Å². The van der Waals surface area contributed by atoms with E-state index in [0.717, 1.165) is 15.3 Å². The van der Waals surface area contributed by atoms with Gasteiger partial charge < -0.3 is 15.4 Å². The summed E-state index contributed by atoms with van der Waals surface area (Å²) < 4.78 is 8.57. The molecule has 4 aromatic heterocycles. The zero-order valence-electron chi connectivity index (χ0n) is 17.2. The number of fused-ring (bicyclic) bond motifs is 1. The van der Waals surface area contributed by atoms with Gasteiger partial charge in [-0.25, -0.2) is 4.52 Å². The molecule has 0 atom stereocenters. The van der Waals surface area contributed by atoms with Gasteiger partial charge in [0.05, 0.1) is 59.3 Å². The van der Waals surface area contributed by atoms with E-state index in [1.54, 1.807) is 37.0 Å². The monoisotopic (exact) mass is 439 g/mol. The summed E-state index contributed by atoms with van der Waals surface area (Å²) in [5, 5.41) is 14.2. The van der Waals surface area contributed by atoms with Gasteiger partial charge in [-0.3, -0.25) is 19.3 Å². The summed E-state index contributed by atoms with van der Waals surface area (Å²) in [6, 6.07) is 1.68. The molecule has 0 saturated carbocycles. The summed E-state index contributed by atoms with van der Waals surface area (Å²) in [6.07, 6.45) is 8.67. The largest absolute Gasteiger partial charge is 0.383 e. The van der Waals surface area contributed by atoms with Crippen molar-refractivity contribution >= 4 is 39.4 Å². The highest BCUT2D eigenvalue weighted by molar-refractivity contribution is 7.21. The molecule has 10 nitrogen and oxygen atoms in total. The highest BCUT2D eigenvalue weighted by Gasteiger charge is 2.18. The number of anilines is 2. The van der Waals surface area contributed by atoms with Gasteiger partial charge in [0.1, 0.15) is 4.83 Å². The van der Waals surface area contributed by atoms with Crippen molar-refractivity contribution in [1.82, 2.24) is 24.4 Å². The maximum absolute atomic E-state index is 12.9. The van der Waals surface area contributed by atoms with Crippen molar-refractivity contribution in [2.24, 2.45) is 0 Å². The van der Waals surface area contributed by atoms with Gasteiger partial charge in [-0.05, 0) is 13.0 Å². The molecule has 160 valence electrons. The van der Waals surface area contributed by atoms with Crippen molar-refractivity contribution in [2.45, 2.75) is 20.4 Å². The number of thiazole rings is 1. The Hall–Kier alpha value is -3.57. The molecule has 0 aliphatic rings. The number of methoxy groups -OCH3 is 1. The minimum absolute atomic E-state index is 0.210. The molecule has 0 fully saturated rings. The summed E-state index contributed by atoms with van der Waals surface area (Å²) in [6.45, 7) is 4.44. The molecule has 31 heavy (non-hydrogen) atoms. The number of aromatic nitrogens is 5. The van der Waals surface area contributed by atoms with E-state index in [1.807, 2.05) is 17.1 Å². The molecule has 2 amide bonds. The Morgan fingerprint density at radius 1 is 1.16 bits per heavy atom. The fraction of sp³-hybridized carbons (Fsp3) is 0.250. The topological polar surface area (TPSA) is 115 Å². The highest BCUT2D eigenvalue weighted by Crippen LogP contribution is 2.30. The molecule has 0 bridgehead atoms. The van der Waals surface area contributed by atoms with E-state index in [1.165, 1.54) is 24.5 Å². The van der Waals surface area contributed by atoms with Crippen LogP contribution in [0.3, 0.4) is 0 Å². The number of carbonyl (C=O) groups is 2. The third-order valence-electron chi connectivity index (χ3n) is 4.54. The Morgan fingerprint density at radius 2 is 2.00 bits per heavy atom. The van der Waals surface area contributed by atoms with Crippen LogP contribution in [0.5, 0.6) is 0 Å². The quantitative estimate of drug-likeness (QED) is 0.458. The van der Waals surface area contributed by atoms with Crippen LogP contribution in [0, 0.1) is 6.92 Å². The van der Waals surface area contributed by atoms with Crippen LogP contribution in [0.15, 0.2) is 37.1 Å². The van der Waals surface area contributed by atoms with Gasteiger partial charge in [0.15, 0.2) is 0 Å². The molecule has 0 aliphatic carbocycles. The zero-order chi connectivity index (χ0) is 22.0. The minimum Gasteiger partial charge on any atom is -0.383 e. The minimum atomic E-state index is -0.302. The van der Waals surface area contributed by atoms with Crippen LogP contribution < -0.4 is 10.6 Å². The Morgan fingerprint density at radius 3 is 2.77 bits per heavy atom. The van der Waals surface area contributed by atoms with E-state index in [2.05, 4.69) is 25.8 Å². The summed E-state index contributed by atoms with van der Waals surface area (Å²) in [5.74, 6) is -0.512. The maximum Gasteiger partial charge on any atom is 0.260 e. The lowest BCUT2D eigenvalue weighted by atomic mass is 10.2. The highest BCUT2D eigenvalue weighted by atomic mass is 32.1.